The molecule has 0 fully saturated rings. The molecule has 96 valence electrons. The van der Waals surface area contributed by atoms with E-state index in [9.17, 15) is 4.79 Å². The molecule has 0 saturated heterocycles. The van der Waals surface area contributed by atoms with Crippen LogP contribution >= 0.6 is 11.3 Å². The van der Waals surface area contributed by atoms with E-state index in [1.165, 1.54) is 11.3 Å². The standard InChI is InChI=1S/C12H15N3O2S/c1-8(13)12-15-10(7-18-12)11(16)14-5-4-9-3-2-6-17-9/h2-3,6-8H,4-5,13H2,1H3,(H,14,16). The van der Waals surface area contributed by atoms with Crippen molar-refractivity contribution in [2.45, 2.75) is 19.4 Å². The van der Waals surface area contributed by atoms with Gasteiger partial charge in [0.2, 0.25) is 0 Å². The van der Waals surface area contributed by atoms with Crippen molar-refractivity contribution >= 4 is 17.2 Å². The van der Waals surface area contributed by atoms with E-state index in [1.54, 1.807) is 11.6 Å². The molecule has 0 saturated carbocycles. The Bertz CT molecular complexity index is 505. The minimum Gasteiger partial charge on any atom is -0.469 e. The highest BCUT2D eigenvalue weighted by Gasteiger charge is 2.12. The quantitative estimate of drug-likeness (QED) is 0.862. The number of nitrogens with zero attached hydrogens (tertiary/aromatic N) is 1. The molecule has 0 spiro atoms. The van der Waals surface area contributed by atoms with Gasteiger partial charge >= 0.3 is 0 Å². The van der Waals surface area contributed by atoms with Crippen molar-refractivity contribution in [2.24, 2.45) is 5.73 Å². The van der Waals surface area contributed by atoms with Crippen LogP contribution in [0.2, 0.25) is 0 Å². The van der Waals surface area contributed by atoms with Crippen molar-refractivity contribution in [2.75, 3.05) is 6.54 Å². The largest absolute Gasteiger partial charge is 0.469 e. The van der Waals surface area contributed by atoms with Gasteiger partial charge in [-0.25, -0.2) is 4.98 Å². The molecule has 0 aromatic carbocycles. The molecule has 1 unspecified atom stereocenters. The van der Waals surface area contributed by atoms with Crippen LogP contribution in [0.3, 0.4) is 0 Å². The van der Waals surface area contributed by atoms with Crippen molar-refractivity contribution in [3.05, 3.63) is 40.2 Å². The first kappa shape index (κ1) is 12.8. The molecule has 3 N–H and O–H groups in total. The highest BCUT2D eigenvalue weighted by molar-refractivity contribution is 7.09. The summed E-state index contributed by atoms with van der Waals surface area (Å²) in [6.45, 7) is 2.37. The number of hydrogen-bond donors (Lipinski definition) is 2. The summed E-state index contributed by atoms with van der Waals surface area (Å²) in [4.78, 5) is 16.0. The van der Waals surface area contributed by atoms with Crippen LogP contribution in [0.25, 0.3) is 0 Å². The van der Waals surface area contributed by atoms with Crippen LogP contribution in [0.4, 0.5) is 0 Å². The van der Waals surface area contributed by atoms with Crippen molar-refractivity contribution in [3.63, 3.8) is 0 Å². The fourth-order valence-corrected chi connectivity index (χ4v) is 2.20. The molecular weight excluding hydrogens is 250 g/mol. The number of carbonyl (C=O) groups excluding carboxylic acids is 1. The number of rotatable bonds is 5. The fourth-order valence-electron chi connectivity index (χ4n) is 1.45. The maximum Gasteiger partial charge on any atom is 0.270 e. The van der Waals surface area contributed by atoms with Crippen LogP contribution in [-0.2, 0) is 6.42 Å². The van der Waals surface area contributed by atoms with Crippen LogP contribution in [0.15, 0.2) is 28.2 Å². The molecule has 0 radical (unpaired) electrons. The van der Waals surface area contributed by atoms with Crippen molar-refractivity contribution < 1.29 is 9.21 Å². The first-order chi connectivity index (χ1) is 8.66. The fraction of sp³-hybridized carbons (Fsp3) is 0.333. The van der Waals surface area contributed by atoms with Crippen LogP contribution in [0.5, 0.6) is 0 Å². The third-order valence-electron chi connectivity index (χ3n) is 2.38. The second kappa shape index (κ2) is 5.79. The predicted molar refractivity (Wildman–Crippen MR) is 69.5 cm³/mol. The zero-order chi connectivity index (χ0) is 13.0. The van der Waals surface area contributed by atoms with Crippen LogP contribution in [-0.4, -0.2) is 17.4 Å². The van der Waals surface area contributed by atoms with E-state index in [4.69, 9.17) is 10.2 Å². The van der Waals surface area contributed by atoms with Gasteiger partial charge in [-0.15, -0.1) is 11.3 Å². The Morgan fingerprint density at radius 3 is 3.11 bits per heavy atom. The third-order valence-corrected chi connectivity index (χ3v) is 3.43. The normalized spacial score (nSPS) is 12.3. The van der Waals surface area contributed by atoms with Gasteiger partial charge in [0.25, 0.3) is 5.91 Å². The molecule has 0 bridgehead atoms. The molecule has 2 aromatic rings. The van der Waals surface area contributed by atoms with Crippen molar-refractivity contribution in [3.8, 4) is 0 Å². The molecule has 5 nitrogen and oxygen atoms in total. The second-order valence-electron chi connectivity index (χ2n) is 3.94. The van der Waals surface area contributed by atoms with Gasteiger partial charge in [-0.3, -0.25) is 4.79 Å². The van der Waals surface area contributed by atoms with E-state index in [0.29, 0.717) is 18.7 Å². The van der Waals surface area contributed by atoms with Gasteiger partial charge in [0, 0.05) is 18.3 Å². The van der Waals surface area contributed by atoms with Gasteiger partial charge in [-0.05, 0) is 19.1 Å². The van der Waals surface area contributed by atoms with Crippen molar-refractivity contribution in [1.29, 1.82) is 0 Å². The highest BCUT2D eigenvalue weighted by atomic mass is 32.1. The van der Waals surface area contributed by atoms with Crippen molar-refractivity contribution in [1.82, 2.24) is 10.3 Å². The minimum atomic E-state index is -0.176. The molecule has 0 aliphatic rings. The summed E-state index contributed by atoms with van der Waals surface area (Å²) in [6, 6.07) is 3.56. The SMILES string of the molecule is CC(N)c1nc(C(=O)NCCc2ccco2)cs1. The van der Waals surface area contributed by atoms with Gasteiger partial charge in [-0.2, -0.15) is 0 Å². The zero-order valence-electron chi connectivity index (χ0n) is 10.1. The first-order valence-corrected chi connectivity index (χ1v) is 6.56. The summed E-state index contributed by atoms with van der Waals surface area (Å²) >= 11 is 1.40. The van der Waals surface area contributed by atoms with Gasteiger partial charge < -0.3 is 15.5 Å². The van der Waals surface area contributed by atoms with Crippen LogP contribution in [0, 0.1) is 0 Å². The van der Waals surface area contributed by atoms with E-state index < -0.39 is 0 Å². The molecule has 1 atom stereocenters. The summed E-state index contributed by atoms with van der Waals surface area (Å²) in [7, 11) is 0. The number of thiazole rings is 1. The maximum atomic E-state index is 11.8. The van der Waals surface area contributed by atoms with Gasteiger partial charge in [0.05, 0.1) is 12.3 Å². The van der Waals surface area contributed by atoms with E-state index in [2.05, 4.69) is 10.3 Å². The molecule has 6 heteroatoms. The maximum absolute atomic E-state index is 11.8. The molecule has 0 aliphatic heterocycles. The number of nitrogens with two attached hydrogens (primary N) is 1. The number of aromatic nitrogens is 1. The number of carbonyl (C=O) groups is 1. The Balaban J connectivity index is 1.83. The van der Waals surface area contributed by atoms with E-state index in [0.717, 1.165) is 10.8 Å². The number of furan rings is 1. The Morgan fingerprint density at radius 2 is 2.50 bits per heavy atom. The first-order valence-electron chi connectivity index (χ1n) is 5.68. The summed E-state index contributed by atoms with van der Waals surface area (Å²) < 4.78 is 5.18. The lowest BCUT2D eigenvalue weighted by Gasteiger charge is -2.01. The lowest BCUT2D eigenvalue weighted by molar-refractivity contribution is 0.0949. The van der Waals surface area contributed by atoms with Crippen LogP contribution < -0.4 is 11.1 Å². The Labute approximate surface area is 109 Å². The Hall–Kier alpha value is -1.66. The average Bonchev–Trinajstić information content (AvgIpc) is 2.99. The highest BCUT2D eigenvalue weighted by Crippen LogP contribution is 2.15. The van der Waals surface area contributed by atoms with E-state index in [1.807, 2.05) is 19.1 Å². The molecule has 2 rings (SSSR count). The summed E-state index contributed by atoms with van der Waals surface area (Å²) in [6.07, 6.45) is 2.29. The lowest BCUT2D eigenvalue weighted by atomic mass is 10.3. The molecule has 18 heavy (non-hydrogen) atoms. The minimum absolute atomic E-state index is 0.139. The average molecular weight is 265 g/mol. The lowest BCUT2D eigenvalue weighted by Crippen LogP contribution is -2.26. The summed E-state index contributed by atoms with van der Waals surface area (Å²) in [5.41, 5.74) is 6.12. The number of hydrogen-bond acceptors (Lipinski definition) is 5. The zero-order valence-corrected chi connectivity index (χ0v) is 10.9. The molecule has 1 amide bonds. The monoisotopic (exact) mass is 265 g/mol. The molecule has 0 aliphatic carbocycles. The van der Waals surface area contributed by atoms with Crippen LogP contribution in [0.1, 0.15) is 34.2 Å². The van der Waals surface area contributed by atoms with E-state index in [-0.39, 0.29) is 11.9 Å². The summed E-state index contributed by atoms with van der Waals surface area (Å²) in [5.74, 6) is 0.676. The van der Waals surface area contributed by atoms with Gasteiger partial charge in [0.15, 0.2) is 0 Å². The number of nitrogens with one attached hydrogen (secondary N) is 1. The smallest absolute Gasteiger partial charge is 0.270 e. The van der Waals surface area contributed by atoms with E-state index >= 15 is 0 Å². The molecule has 2 aromatic heterocycles. The third kappa shape index (κ3) is 3.18. The molecular formula is C12H15N3O2S. The van der Waals surface area contributed by atoms with Gasteiger partial charge in [-0.1, -0.05) is 0 Å². The Kier molecular flexibility index (Phi) is 4.11. The Morgan fingerprint density at radius 1 is 1.67 bits per heavy atom. The van der Waals surface area contributed by atoms with Gasteiger partial charge in [0.1, 0.15) is 16.5 Å². The summed E-state index contributed by atoms with van der Waals surface area (Å²) in [5, 5.41) is 5.29. The molecule has 2 heterocycles. The predicted octanol–water partition coefficient (Wildman–Crippen LogP) is 1.73. The number of amides is 1. The topological polar surface area (TPSA) is 81.1 Å². The second-order valence-corrected chi connectivity index (χ2v) is 4.83.